The lowest BCUT2D eigenvalue weighted by Crippen LogP contribution is -2.57. The van der Waals surface area contributed by atoms with E-state index in [9.17, 15) is 35.6 Å². The number of nitrogens with one attached hydrogen (secondary N) is 2. The average Bonchev–Trinajstić information content (AvgIpc) is 2.85. The molecule has 9 nitrogen and oxygen atoms in total. The molecule has 2 aromatic carbocycles. The number of hydrogen-bond donors (Lipinski definition) is 2. The van der Waals surface area contributed by atoms with E-state index in [2.05, 4.69) is 4.90 Å². The maximum atomic E-state index is 15.0. The van der Waals surface area contributed by atoms with Crippen molar-refractivity contribution >= 4 is 27.7 Å². The summed E-state index contributed by atoms with van der Waals surface area (Å²) < 4.78 is 81.7. The Labute approximate surface area is 218 Å². The van der Waals surface area contributed by atoms with Crippen molar-refractivity contribution in [2.24, 2.45) is 0 Å². The molecule has 3 rings (SSSR count). The molecule has 2 aromatic rings. The molecule has 2 amide bonds. The van der Waals surface area contributed by atoms with Crippen LogP contribution in [0.2, 0.25) is 0 Å². The molecule has 1 aliphatic rings. The minimum absolute atomic E-state index is 0.0679. The van der Waals surface area contributed by atoms with Crippen LogP contribution in [0.3, 0.4) is 0 Å². The van der Waals surface area contributed by atoms with E-state index in [1.165, 1.54) is 15.8 Å². The van der Waals surface area contributed by atoms with Gasteiger partial charge in [0.1, 0.15) is 5.82 Å². The largest absolute Gasteiger partial charge is 0.472 e. The number of halogens is 4. The van der Waals surface area contributed by atoms with Gasteiger partial charge in [0, 0.05) is 42.8 Å². The van der Waals surface area contributed by atoms with Crippen LogP contribution in [-0.2, 0) is 21.5 Å². The Bertz CT molecular complexity index is 1260. The zero-order valence-corrected chi connectivity index (χ0v) is 21.9. The molecule has 0 atom stereocenters. The molecule has 1 heterocycles. The molecule has 1 saturated heterocycles. The molecule has 0 bridgehead atoms. The maximum Gasteiger partial charge on any atom is 0.472 e. The van der Waals surface area contributed by atoms with Crippen LogP contribution in [-0.4, -0.2) is 67.3 Å². The SMILES string of the molecule is CC(C)(C)N1CCN(S(=O)(=O)N(Cc2ccc(C(=O)NNC(=O)C(F)(F)F)cc2F)c2ccccc2)CC1. The fourth-order valence-corrected chi connectivity index (χ4v) is 5.45. The lowest BCUT2D eigenvalue weighted by Gasteiger charge is -2.43. The maximum absolute atomic E-state index is 15.0. The van der Waals surface area contributed by atoms with E-state index in [-0.39, 0.29) is 29.8 Å². The predicted octanol–water partition coefficient (Wildman–Crippen LogP) is 2.82. The number of hydrazine groups is 1. The Kier molecular flexibility index (Phi) is 8.68. The molecule has 0 aromatic heterocycles. The van der Waals surface area contributed by atoms with Crippen molar-refractivity contribution in [1.29, 1.82) is 0 Å². The van der Waals surface area contributed by atoms with Gasteiger partial charge in [-0.15, -0.1) is 0 Å². The normalized spacial score (nSPS) is 15.7. The van der Waals surface area contributed by atoms with Gasteiger partial charge < -0.3 is 0 Å². The van der Waals surface area contributed by atoms with E-state index in [1.807, 2.05) is 20.8 Å². The van der Waals surface area contributed by atoms with Crippen molar-refractivity contribution in [3.8, 4) is 0 Å². The summed E-state index contributed by atoms with van der Waals surface area (Å²) in [5.74, 6) is -4.53. The highest BCUT2D eigenvalue weighted by Gasteiger charge is 2.39. The molecular weight excluding hydrogens is 530 g/mol. The highest BCUT2D eigenvalue weighted by Crippen LogP contribution is 2.26. The van der Waals surface area contributed by atoms with Crippen molar-refractivity contribution < 1.29 is 35.6 Å². The van der Waals surface area contributed by atoms with Crippen molar-refractivity contribution in [2.45, 2.75) is 39.0 Å². The van der Waals surface area contributed by atoms with Crippen LogP contribution in [0.4, 0.5) is 23.2 Å². The Hall–Kier alpha value is -3.23. The highest BCUT2D eigenvalue weighted by atomic mass is 32.2. The van der Waals surface area contributed by atoms with Gasteiger partial charge in [-0.1, -0.05) is 24.3 Å². The van der Waals surface area contributed by atoms with Gasteiger partial charge in [-0.25, -0.2) is 4.39 Å². The number of carbonyl (C=O) groups excluding carboxylic acids is 2. The first-order chi connectivity index (χ1) is 17.6. The quantitative estimate of drug-likeness (QED) is 0.419. The first kappa shape index (κ1) is 29.3. The second-order valence-corrected chi connectivity index (χ2v) is 11.5. The van der Waals surface area contributed by atoms with E-state index < -0.39 is 40.6 Å². The zero-order valence-electron chi connectivity index (χ0n) is 21.0. The van der Waals surface area contributed by atoms with Crippen LogP contribution >= 0.6 is 0 Å². The smallest absolute Gasteiger partial charge is 0.296 e. The molecule has 1 fully saturated rings. The third kappa shape index (κ3) is 6.99. The van der Waals surface area contributed by atoms with Gasteiger partial charge in [0.25, 0.3) is 5.91 Å². The highest BCUT2D eigenvalue weighted by molar-refractivity contribution is 7.90. The summed E-state index contributed by atoms with van der Waals surface area (Å²) in [5, 5.41) is 0. The molecule has 0 aliphatic carbocycles. The van der Waals surface area contributed by atoms with Gasteiger partial charge in [-0.05, 0) is 45.0 Å². The number of benzene rings is 2. The van der Waals surface area contributed by atoms with Crippen LogP contribution < -0.4 is 15.2 Å². The Morgan fingerprint density at radius 3 is 2.08 bits per heavy atom. The van der Waals surface area contributed by atoms with E-state index in [4.69, 9.17) is 0 Å². The summed E-state index contributed by atoms with van der Waals surface area (Å²) in [6.07, 6.45) is -5.21. The molecule has 208 valence electrons. The number of alkyl halides is 3. The second kappa shape index (κ2) is 11.3. The van der Waals surface area contributed by atoms with Gasteiger partial charge >= 0.3 is 22.3 Å². The number of para-hydroxylation sites is 1. The third-order valence-corrected chi connectivity index (χ3v) is 7.93. The lowest BCUT2D eigenvalue weighted by molar-refractivity contribution is -0.174. The van der Waals surface area contributed by atoms with Crippen molar-refractivity contribution in [1.82, 2.24) is 20.1 Å². The summed E-state index contributed by atoms with van der Waals surface area (Å²) >= 11 is 0. The van der Waals surface area contributed by atoms with Crippen molar-refractivity contribution in [3.05, 3.63) is 65.5 Å². The first-order valence-electron chi connectivity index (χ1n) is 11.6. The van der Waals surface area contributed by atoms with E-state index >= 15 is 0 Å². The molecular formula is C24H29F4N5O4S. The third-order valence-electron chi connectivity index (χ3n) is 6.01. The topological polar surface area (TPSA) is 102 Å². The number of nitrogens with zero attached hydrogens (tertiary/aromatic N) is 3. The number of anilines is 1. The number of rotatable bonds is 6. The summed E-state index contributed by atoms with van der Waals surface area (Å²) in [6, 6.07) is 11.2. The molecule has 2 N–H and O–H groups in total. The first-order valence-corrected chi connectivity index (χ1v) is 13.0. The van der Waals surface area contributed by atoms with Crippen LogP contribution in [0.25, 0.3) is 0 Å². The summed E-state index contributed by atoms with van der Waals surface area (Å²) in [7, 11) is -4.08. The number of carbonyl (C=O) groups is 2. The van der Waals surface area contributed by atoms with Crippen molar-refractivity contribution in [2.75, 3.05) is 30.5 Å². The fourth-order valence-electron chi connectivity index (χ4n) is 3.86. The lowest BCUT2D eigenvalue weighted by atomic mass is 10.1. The summed E-state index contributed by atoms with van der Waals surface area (Å²) in [4.78, 5) is 25.1. The molecule has 0 unspecified atom stereocenters. The van der Waals surface area contributed by atoms with Crippen molar-refractivity contribution in [3.63, 3.8) is 0 Å². The average molecular weight is 560 g/mol. The second-order valence-electron chi connectivity index (χ2n) is 9.62. The monoisotopic (exact) mass is 559 g/mol. The van der Waals surface area contributed by atoms with E-state index in [0.717, 1.165) is 16.4 Å². The van der Waals surface area contributed by atoms with Gasteiger partial charge in [0.05, 0.1) is 12.2 Å². The Morgan fingerprint density at radius 1 is 0.947 bits per heavy atom. The molecule has 0 spiro atoms. The summed E-state index contributed by atoms with van der Waals surface area (Å²) in [5.41, 5.74) is 2.49. The van der Waals surface area contributed by atoms with Crippen LogP contribution in [0.5, 0.6) is 0 Å². The minimum Gasteiger partial charge on any atom is -0.296 e. The number of piperazine rings is 1. The molecule has 14 heteroatoms. The van der Waals surface area contributed by atoms with Gasteiger partial charge in [0.15, 0.2) is 0 Å². The molecule has 0 saturated carbocycles. The van der Waals surface area contributed by atoms with Crippen LogP contribution in [0, 0.1) is 5.82 Å². The molecule has 38 heavy (non-hydrogen) atoms. The van der Waals surface area contributed by atoms with Gasteiger partial charge in [-0.2, -0.15) is 25.9 Å². The molecule has 0 radical (unpaired) electrons. The van der Waals surface area contributed by atoms with E-state index in [0.29, 0.717) is 18.8 Å². The standard InChI is InChI=1S/C24H29F4N5O4S/c1-23(2,3)31-11-13-32(14-12-31)38(36,37)33(19-7-5-4-6-8-19)16-18-10-9-17(15-20(18)25)21(34)29-30-22(35)24(26,27)28/h4-10,15H,11-14,16H2,1-3H3,(H,29,34)(H,30,35). The van der Waals surface area contributed by atoms with Crippen LogP contribution in [0.1, 0.15) is 36.7 Å². The molecule has 1 aliphatic heterocycles. The fraction of sp³-hybridized carbons (Fsp3) is 0.417. The predicted molar refractivity (Wildman–Crippen MR) is 133 cm³/mol. The number of hydrogen-bond acceptors (Lipinski definition) is 5. The van der Waals surface area contributed by atoms with Gasteiger partial charge in [-0.3, -0.25) is 29.6 Å². The van der Waals surface area contributed by atoms with Crippen LogP contribution in [0.15, 0.2) is 48.5 Å². The Balaban J connectivity index is 1.81. The Morgan fingerprint density at radius 2 is 1.55 bits per heavy atom. The zero-order chi connectivity index (χ0) is 28.3. The summed E-state index contributed by atoms with van der Waals surface area (Å²) in [6.45, 7) is 7.27. The number of amides is 2. The minimum atomic E-state index is -5.21. The van der Waals surface area contributed by atoms with E-state index in [1.54, 1.807) is 35.8 Å². The van der Waals surface area contributed by atoms with Gasteiger partial charge in [0.2, 0.25) is 0 Å².